The molecule has 2 rings (SSSR count). The molecule has 0 spiro atoms. The molecule has 1 aromatic heterocycles. The fourth-order valence-corrected chi connectivity index (χ4v) is 2.00. The summed E-state index contributed by atoms with van der Waals surface area (Å²) in [6, 6.07) is 0.534. The van der Waals surface area contributed by atoms with Gasteiger partial charge >= 0.3 is 0 Å². The average molecular weight is 195 g/mol. The summed E-state index contributed by atoms with van der Waals surface area (Å²) in [5, 5.41) is 7.95. The van der Waals surface area contributed by atoms with E-state index in [0.29, 0.717) is 6.04 Å². The summed E-state index contributed by atoms with van der Waals surface area (Å²) in [4.78, 5) is 2.39. The van der Waals surface area contributed by atoms with Crippen LogP contribution in [-0.2, 0) is 13.6 Å². The van der Waals surface area contributed by atoms with E-state index >= 15 is 0 Å². The Hall–Kier alpha value is -0.940. The predicted octanol–water partition coefficient (Wildman–Crippen LogP) is -0.262. The summed E-state index contributed by atoms with van der Waals surface area (Å²) in [5.74, 6) is 1.02. The number of hydrogen-bond acceptors (Lipinski definition) is 4. The van der Waals surface area contributed by atoms with Gasteiger partial charge in [-0.25, -0.2) is 0 Å². The molecule has 0 aromatic carbocycles. The normalized spacial score (nSPS) is 23.1. The van der Waals surface area contributed by atoms with Gasteiger partial charge in [-0.1, -0.05) is 0 Å². The third kappa shape index (κ3) is 1.78. The number of aromatic nitrogens is 3. The molecule has 0 saturated carbocycles. The lowest BCUT2D eigenvalue weighted by Crippen LogP contribution is -2.35. The molecule has 1 atom stereocenters. The molecule has 0 bridgehead atoms. The van der Waals surface area contributed by atoms with Crippen molar-refractivity contribution in [1.82, 2.24) is 19.7 Å². The largest absolute Gasteiger partial charge is 0.329 e. The fourth-order valence-electron chi connectivity index (χ4n) is 2.00. The van der Waals surface area contributed by atoms with Crippen molar-refractivity contribution in [3.8, 4) is 0 Å². The van der Waals surface area contributed by atoms with Crippen molar-refractivity contribution in [3.05, 3.63) is 12.2 Å². The van der Waals surface area contributed by atoms with Gasteiger partial charge in [0.05, 0.1) is 6.54 Å². The van der Waals surface area contributed by atoms with Crippen molar-refractivity contribution in [3.63, 3.8) is 0 Å². The monoisotopic (exact) mass is 195 g/mol. The van der Waals surface area contributed by atoms with Gasteiger partial charge in [-0.3, -0.25) is 4.90 Å². The number of aryl methyl sites for hydroxylation is 1. The Bertz CT molecular complexity index is 295. The van der Waals surface area contributed by atoms with Crippen molar-refractivity contribution in [2.24, 2.45) is 12.8 Å². The number of likely N-dealkylation sites (tertiary alicyclic amines) is 1. The first-order valence-corrected chi connectivity index (χ1v) is 5.08. The van der Waals surface area contributed by atoms with E-state index in [-0.39, 0.29) is 0 Å². The Morgan fingerprint density at radius 1 is 1.64 bits per heavy atom. The highest BCUT2D eigenvalue weighted by molar-refractivity contribution is 4.89. The third-order valence-electron chi connectivity index (χ3n) is 2.92. The van der Waals surface area contributed by atoms with Crippen LogP contribution in [0.4, 0.5) is 0 Å². The molecule has 1 aliphatic rings. The van der Waals surface area contributed by atoms with Gasteiger partial charge in [0, 0.05) is 19.6 Å². The number of nitrogens with two attached hydrogens (primary N) is 1. The summed E-state index contributed by atoms with van der Waals surface area (Å²) in [7, 11) is 1.98. The van der Waals surface area contributed by atoms with Crippen molar-refractivity contribution < 1.29 is 0 Å². The van der Waals surface area contributed by atoms with Crippen LogP contribution in [-0.4, -0.2) is 38.8 Å². The average Bonchev–Trinajstić information content (AvgIpc) is 2.77. The van der Waals surface area contributed by atoms with Gasteiger partial charge in [0.15, 0.2) is 0 Å². The van der Waals surface area contributed by atoms with Crippen LogP contribution in [0.1, 0.15) is 18.7 Å². The molecular formula is C9H17N5. The topological polar surface area (TPSA) is 60.0 Å². The summed E-state index contributed by atoms with van der Waals surface area (Å²) in [6.45, 7) is 2.75. The van der Waals surface area contributed by atoms with Crippen molar-refractivity contribution >= 4 is 0 Å². The number of rotatable bonds is 3. The Labute approximate surface area is 83.9 Å². The van der Waals surface area contributed by atoms with E-state index in [9.17, 15) is 0 Å². The molecule has 0 amide bonds. The Morgan fingerprint density at radius 2 is 2.50 bits per heavy atom. The van der Waals surface area contributed by atoms with Crippen LogP contribution >= 0.6 is 0 Å². The van der Waals surface area contributed by atoms with Crippen LogP contribution in [0.25, 0.3) is 0 Å². The molecule has 1 aromatic rings. The summed E-state index contributed by atoms with van der Waals surface area (Å²) in [5.41, 5.74) is 5.71. The van der Waals surface area contributed by atoms with E-state index in [1.165, 1.54) is 12.8 Å². The SMILES string of the molecule is Cn1cnnc1CN1CCCC1CN. The summed E-state index contributed by atoms with van der Waals surface area (Å²) >= 11 is 0. The van der Waals surface area contributed by atoms with Crippen LogP contribution in [0.2, 0.25) is 0 Å². The van der Waals surface area contributed by atoms with E-state index < -0.39 is 0 Å². The minimum Gasteiger partial charge on any atom is -0.329 e. The molecule has 5 nitrogen and oxygen atoms in total. The van der Waals surface area contributed by atoms with Crippen molar-refractivity contribution in [2.75, 3.05) is 13.1 Å². The van der Waals surface area contributed by atoms with E-state index in [0.717, 1.165) is 25.5 Å². The lowest BCUT2D eigenvalue weighted by Gasteiger charge is -2.22. The second kappa shape index (κ2) is 4.06. The molecule has 1 fully saturated rings. The zero-order valence-electron chi connectivity index (χ0n) is 8.56. The van der Waals surface area contributed by atoms with Gasteiger partial charge in [0.2, 0.25) is 0 Å². The van der Waals surface area contributed by atoms with E-state index in [4.69, 9.17) is 5.73 Å². The van der Waals surface area contributed by atoms with Crippen LogP contribution in [0.3, 0.4) is 0 Å². The second-order valence-electron chi connectivity index (χ2n) is 3.86. The zero-order valence-corrected chi connectivity index (χ0v) is 8.56. The van der Waals surface area contributed by atoms with Gasteiger partial charge in [0.1, 0.15) is 12.2 Å². The molecule has 0 radical (unpaired) electrons. The summed E-state index contributed by atoms with van der Waals surface area (Å²) in [6.07, 6.45) is 4.21. The maximum Gasteiger partial charge on any atom is 0.146 e. The second-order valence-corrected chi connectivity index (χ2v) is 3.86. The number of nitrogens with zero attached hydrogens (tertiary/aromatic N) is 4. The zero-order chi connectivity index (χ0) is 9.97. The highest BCUT2D eigenvalue weighted by Gasteiger charge is 2.24. The van der Waals surface area contributed by atoms with Crippen LogP contribution < -0.4 is 5.73 Å². The molecule has 14 heavy (non-hydrogen) atoms. The smallest absolute Gasteiger partial charge is 0.146 e. The van der Waals surface area contributed by atoms with E-state index in [1.807, 2.05) is 11.6 Å². The maximum absolute atomic E-state index is 5.71. The molecular weight excluding hydrogens is 178 g/mol. The van der Waals surface area contributed by atoms with Gasteiger partial charge < -0.3 is 10.3 Å². The van der Waals surface area contributed by atoms with E-state index in [1.54, 1.807) is 6.33 Å². The van der Waals surface area contributed by atoms with E-state index in [2.05, 4.69) is 15.1 Å². The molecule has 1 unspecified atom stereocenters. The molecule has 0 aliphatic carbocycles. The lowest BCUT2D eigenvalue weighted by molar-refractivity contribution is 0.241. The van der Waals surface area contributed by atoms with Crippen LogP contribution in [0, 0.1) is 0 Å². The maximum atomic E-state index is 5.71. The van der Waals surface area contributed by atoms with Crippen LogP contribution in [0.15, 0.2) is 6.33 Å². The molecule has 2 N–H and O–H groups in total. The van der Waals surface area contributed by atoms with Crippen molar-refractivity contribution in [1.29, 1.82) is 0 Å². The Balaban J connectivity index is 2.00. The first-order chi connectivity index (χ1) is 6.81. The molecule has 1 aliphatic heterocycles. The van der Waals surface area contributed by atoms with Gasteiger partial charge in [-0.2, -0.15) is 0 Å². The first kappa shape index (κ1) is 9.61. The minimum atomic E-state index is 0.534. The highest BCUT2D eigenvalue weighted by Crippen LogP contribution is 2.17. The standard InChI is InChI=1S/C9H17N5/c1-13-7-11-12-9(13)6-14-4-2-3-8(14)5-10/h7-8H,2-6,10H2,1H3. The van der Waals surface area contributed by atoms with Crippen LogP contribution in [0.5, 0.6) is 0 Å². The molecule has 2 heterocycles. The predicted molar refractivity (Wildman–Crippen MR) is 53.5 cm³/mol. The quantitative estimate of drug-likeness (QED) is 0.722. The highest BCUT2D eigenvalue weighted by atomic mass is 15.3. The number of hydrogen-bond donors (Lipinski definition) is 1. The first-order valence-electron chi connectivity index (χ1n) is 5.08. The van der Waals surface area contributed by atoms with Gasteiger partial charge in [0.25, 0.3) is 0 Å². The summed E-state index contributed by atoms with van der Waals surface area (Å²) < 4.78 is 1.96. The Morgan fingerprint density at radius 3 is 3.14 bits per heavy atom. The third-order valence-corrected chi connectivity index (χ3v) is 2.92. The molecule has 1 saturated heterocycles. The Kier molecular flexibility index (Phi) is 2.79. The van der Waals surface area contributed by atoms with Gasteiger partial charge in [-0.15, -0.1) is 10.2 Å². The molecule has 78 valence electrons. The lowest BCUT2D eigenvalue weighted by atomic mass is 10.2. The fraction of sp³-hybridized carbons (Fsp3) is 0.778. The molecule has 5 heteroatoms. The minimum absolute atomic E-state index is 0.534. The van der Waals surface area contributed by atoms with Crippen molar-refractivity contribution in [2.45, 2.75) is 25.4 Å². The van der Waals surface area contributed by atoms with Gasteiger partial charge in [-0.05, 0) is 19.4 Å².